The summed E-state index contributed by atoms with van der Waals surface area (Å²) in [7, 11) is 1.91. The minimum absolute atomic E-state index is 0.0965. The first kappa shape index (κ1) is 12.1. The summed E-state index contributed by atoms with van der Waals surface area (Å²) in [6.45, 7) is 0. The molecule has 1 atom stereocenters. The first-order chi connectivity index (χ1) is 8.20. The highest BCUT2D eigenvalue weighted by Gasteiger charge is 2.09. The molecule has 0 fully saturated rings. The lowest BCUT2D eigenvalue weighted by molar-refractivity contribution is 0.871. The van der Waals surface area contributed by atoms with Gasteiger partial charge in [-0.1, -0.05) is 40.2 Å². The van der Waals surface area contributed by atoms with Gasteiger partial charge >= 0.3 is 0 Å². The van der Waals surface area contributed by atoms with Crippen molar-refractivity contribution in [3.05, 3.63) is 64.1 Å². The van der Waals surface area contributed by atoms with E-state index in [2.05, 4.69) is 33.4 Å². The fourth-order valence-electron chi connectivity index (χ4n) is 1.78. The molecule has 3 heteroatoms. The van der Waals surface area contributed by atoms with Crippen molar-refractivity contribution in [2.75, 3.05) is 12.4 Å². The maximum atomic E-state index is 6.26. The third-order valence-corrected chi connectivity index (χ3v) is 3.24. The minimum Gasteiger partial charge on any atom is -0.388 e. The molecule has 0 aliphatic heterocycles. The summed E-state index contributed by atoms with van der Waals surface area (Å²) in [6, 6.07) is 16.2. The van der Waals surface area contributed by atoms with Crippen molar-refractivity contribution in [2.45, 2.75) is 6.04 Å². The van der Waals surface area contributed by atoms with E-state index in [1.54, 1.807) is 0 Å². The van der Waals surface area contributed by atoms with Gasteiger partial charge in [0.15, 0.2) is 0 Å². The minimum atomic E-state index is -0.0965. The van der Waals surface area contributed by atoms with E-state index >= 15 is 0 Å². The average molecular weight is 291 g/mol. The van der Waals surface area contributed by atoms with Crippen LogP contribution >= 0.6 is 15.9 Å². The Balaban J connectivity index is 2.33. The van der Waals surface area contributed by atoms with Gasteiger partial charge < -0.3 is 11.1 Å². The zero-order chi connectivity index (χ0) is 12.3. The molecular formula is C14H15BrN2. The number of anilines is 1. The van der Waals surface area contributed by atoms with Gasteiger partial charge in [0.25, 0.3) is 0 Å². The number of hydrogen-bond acceptors (Lipinski definition) is 2. The molecule has 0 amide bonds. The van der Waals surface area contributed by atoms with Gasteiger partial charge in [-0.15, -0.1) is 0 Å². The van der Waals surface area contributed by atoms with Crippen molar-refractivity contribution in [1.29, 1.82) is 0 Å². The van der Waals surface area contributed by atoms with Crippen molar-refractivity contribution >= 4 is 21.6 Å². The highest BCUT2D eigenvalue weighted by molar-refractivity contribution is 9.10. The summed E-state index contributed by atoms with van der Waals surface area (Å²) in [6.07, 6.45) is 0. The van der Waals surface area contributed by atoms with Gasteiger partial charge in [-0.3, -0.25) is 0 Å². The molecule has 0 saturated heterocycles. The van der Waals surface area contributed by atoms with Gasteiger partial charge in [0, 0.05) is 17.2 Å². The van der Waals surface area contributed by atoms with Crippen LogP contribution in [0.25, 0.3) is 0 Å². The summed E-state index contributed by atoms with van der Waals surface area (Å²) in [5.74, 6) is 0. The highest BCUT2D eigenvalue weighted by atomic mass is 79.9. The first-order valence-corrected chi connectivity index (χ1v) is 6.29. The summed E-state index contributed by atoms with van der Waals surface area (Å²) < 4.78 is 1.05. The van der Waals surface area contributed by atoms with Crippen LogP contribution in [0.3, 0.4) is 0 Å². The standard InChI is InChI=1S/C14H15BrN2/c1-17-13-7-3-5-11(9-13)14(16)10-4-2-6-12(15)8-10/h2-9,14,17H,16H2,1H3. The smallest absolute Gasteiger partial charge is 0.0552 e. The van der Waals surface area contributed by atoms with Gasteiger partial charge in [0.1, 0.15) is 0 Å². The van der Waals surface area contributed by atoms with Crippen LogP contribution in [0.15, 0.2) is 53.0 Å². The SMILES string of the molecule is CNc1cccc(C(N)c2cccc(Br)c2)c1. The zero-order valence-corrected chi connectivity index (χ0v) is 11.2. The molecule has 0 aliphatic carbocycles. The third-order valence-electron chi connectivity index (χ3n) is 2.74. The lowest BCUT2D eigenvalue weighted by Gasteiger charge is -2.14. The van der Waals surface area contributed by atoms with Crippen LogP contribution in [-0.2, 0) is 0 Å². The quantitative estimate of drug-likeness (QED) is 0.907. The second-order valence-electron chi connectivity index (χ2n) is 3.91. The van der Waals surface area contributed by atoms with Gasteiger partial charge in [0.2, 0.25) is 0 Å². The number of nitrogens with one attached hydrogen (secondary N) is 1. The average Bonchev–Trinajstić information content (AvgIpc) is 2.38. The van der Waals surface area contributed by atoms with E-state index in [-0.39, 0.29) is 6.04 Å². The van der Waals surface area contributed by atoms with Gasteiger partial charge in [-0.05, 0) is 35.4 Å². The summed E-state index contributed by atoms with van der Waals surface area (Å²) in [4.78, 5) is 0. The molecule has 0 heterocycles. The van der Waals surface area contributed by atoms with Crippen LogP contribution in [0.1, 0.15) is 17.2 Å². The summed E-state index contributed by atoms with van der Waals surface area (Å²) in [5.41, 5.74) is 9.55. The Kier molecular flexibility index (Phi) is 3.82. The van der Waals surface area contributed by atoms with Crippen LogP contribution in [0, 0.1) is 0 Å². The Morgan fingerprint density at radius 2 is 1.71 bits per heavy atom. The molecule has 3 N–H and O–H groups in total. The number of benzene rings is 2. The van der Waals surface area contributed by atoms with E-state index < -0.39 is 0 Å². The Bertz CT molecular complexity index is 511. The van der Waals surface area contributed by atoms with Gasteiger partial charge in [0.05, 0.1) is 6.04 Å². The molecule has 0 radical (unpaired) electrons. The largest absolute Gasteiger partial charge is 0.388 e. The van der Waals surface area contributed by atoms with Crippen LogP contribution < -0.4 is 11.1 Å². The van der Waals surface area contributed by atoms with Crippen LogP contribution in [-0.4, -0.2) is 7.05 Å². The van der Waals surface area contributed by atoms with E-state index in [9.17, 15) is 0 Å². The molecule has 0 spiro atoms. The number of nitrogens with two attached hydrogens (primary N) is 1. The molecule has 0 aliphatic rings. The molecule has 2 aromatic rings. The molecule has 88 valence electrons. The lowest BCUT2D eigenvalue weighted by atomic mass is 9.99. The summed E-state index contributed by atoms with van der Waals surface area (Å²) in [5, 5.41) is 3.12. The molecular weight excluding hydrogens is 276 g/mol. The second kappa shape index (κ2) is 5.34. The summed E-state index contributed by atoms with van der Waals surface area (Å²) >= 11 is 3.46. The van der Waals surface area contributed by atoms with Crippen molar-refractivity contribution in [1.82, 2.24) is 0 Å². The predicted molar refractivity (Wildman–Crippen MR) is 76.2 cm³/mol. The van der Waals surface area contributed by atoms with E-state index in [1.807, 2.05) is 43.4 Å². The molecule has 2 nitrogen and oxygen atoms in total. The fourth-order valence-corrected chi connectivity index (χ4v) is 2.20. The van der Waals surface area contributed by atoms with Crippen LogP contribution in [0.2, 0.25) is 0 Å². The lowest BCUT2D eigenvalue weighted by Crippen LogP contribution is -2.11. The Labute approximate surface area is 110 Å². The van der Waals surface area contributed by atoms with Gasteiger partial charge in [-0.25, -0.2) is 0 Å². The molecule has 2 rings (SSSR count). The molecule has 0 saturated carbocycles. The fraction of sp³-hybridized carbons (Fsp3) is 0.143. The third kappa shape index (κ3) is 2.87. The van der Waals surface area contributed by atoms with Crippen molar-refractivity contribution < 1.29 is 0 Å². The van der Waals surface area contributed by atoms with Crippen molar-refractivity contribution in [3.63, 3.8) is 0 Å². The molecule has 17 heavy (non-hydrogen) atoms. The maximum absolute atomic E-state index is 6.26. The van der Waals surface area contributed by atoms with Crippen LogP contribution in [0.5, 0.6) is 0 Å². The Morgan fingerprint density at radius 1 is 1.06 bits per heavy atom. The monoisotopic (exact) mass is 290 g/mol. The van der Waals surface area contributed by atoms with Crippen molar-refractivity contribution in [3.8, 4) is 0 Å². The Morgan fingerprint density at radius 3 is 2.35 bits per heavy atom. The molecule has 0 bridgehead atoms. The van der Waals surface area contributed by atoms with E-state index in [0.717, 1.165) is 21.3 Å². The van der Waals surface area contributed by atoms with E-state index in [0.29, 0.717) is 0 Å². The maximum Gasteiger partial charge on any atom is 0.0552 e. The van der Waals surface area contributed by atoms with E-state index in [1.165, 1.54) is 0 Å². The predicted octanol–water partition coefficient (Wildman–Crippen LogP) is 3.54. The zero-order valence-electron chi connectivity index (χ0n) is 9.65. The van der Waals surface area contributed by atoms with Gasteiger partial charge in [-0.2, -0.15) is 0 Å². The topological polar surface area (TPSA) is 38.0 Å². The Hall–Kier alpha value is -1.32. The first-order valence-electron chi connectivity index (χ1n) is 5.49. The van der Waals surface area contributed by atoms with Crippen molar-refractivity contribution in [2.24, 2.45) is 5.73 Å². The normalized spacial score (nSPS) is 12.2. The van der Waals surface area contributed by atoms with E-state index in [4.69, 9.17) is 5.73 Å². The highest BCUT2D eigenvalue weighted by Crippen LogP contribution is 2.24. The second-order valence-corrected chi connectivity index (χ2v) is 4.82. The molecule has 2 aromatic carbocycles. The number of halogens is 1. The van der Waals surface area contributed by atoms with Crippen LogP contribution in [0.4, 0.5) is 5.69 Å². The number of hydrogen-bond donors (Lipinski definition) is 2. The molecule has 1 unspecified atom stereocenters. The number of rotatable bonds is 3. The molecule has 0 aromatic heterocycles.